The number of primary amides is 1. The average molecular weight is 392 g/mol. The van der Waals surface area contributed by atoms with Crippen LogP contribution in [0.5, 0.6) is 0 Å². The lowest BCUT2D eigenvalue weighted by Crippen LogP contribution is -2.30. The summed E-state index contributed by atoms with van der Waals surface area (Å²) >= 11 is 0. The van der Waals surface area contributed by atoms with E-state index < -0.39 is 5.91 Å². The number of benzene rings is 1. The molecule has 29 heavy (non-hydrogen) atoms. The molecule has 1 saturated carbocycles. The van der Waals surface area contributed by atoms with Crippen molar-refractivity contribution in [2.75, 3.05) is 0 Å². The Bertz CT molecular complexity index is 1220. The number of imidazole rings is 2. The quantitative estimate of drug-likeness (QED) is 0.553. The second kappa shape index (κ2) is 6.49. The first kappa shape index (κ1) is 17.5. The van der Waals surface area contributed by atoms with E-state index in [2.05, 4.69) is 15.1 Å². The summed E-state index contributed by atoms with van der Waals surface area (Å²) in [6.45, 7) is 0. The molecule has 1 fully saturated rings. The first-order chi connectivity index (χ1) is 14.0. The number of nitrogens with zero attached hydrogens (tertiary/aromatic N) is 5. The maximum absolute atomic E-state index is 13.4. The van der Waals surface area contributed by atoms with Crippen molar-refractivity contribution in [3.8, 4) is 22.6 Å². The number of aliphatic hydroxyl groups excluding tert-OH is 1. The fourth-order valence-electron chi connectivity index (χ4n) is 3.66. The van der Waals surface area contributed by atoms with Crippen LogP contribution in [-0.2, 0) is 0 Å². The van der Waals surface area contributed by atoms with Crippen LogP contribution in [0.4, 0.5) is 4.39 Å². The molecule has 0 spiro atoms. The summed E-state index contributed by atoms with van der Waals surface area (Å²) in [4.78, 5) is 20.4. The van der Waals surface area contributed by atoms with Gasteiger partial charge in [-0.05, 0) is 49.2 Å². The normalized spacial score (nSPS) is 18.7. The minimum atomic E-state index is -0.628. The highest BCUT2D eigenvalue weighted by molar-refractivity contribution is 5.91. The van der Waals surface area contributed by atoms with E-state index in [9.17, 15) is 14.3 Å². The Kier molecular flexibility index (Phi) is 3.92. The average Bonchev–Trinajstić information content (AvgIpc) is 3.30. The molecule has 1 aliphatic rings. The number of carbonyl (C=O) groups is 1. The molecule has 0 aliphatic heterocycles. The van der Waals surface area contributed by atoms with Gasteiger partial charge in [0.25, 0.3) is 5.91 Å². The van der Waals surface area contributed by atoms with Gasteiger partial charge in [0.15, 0.2) is 5.65 Å². The van der Waals surface area contributed by atoms with E-state index in [0.717, 1.165) is 11.3 Å². The first-order valence-corrected chi connectivity index (χ1v) is 9.17. The van der Waals surface area contributed by atoms with Crippen molar-refractivity contribution in [3.63, 3.8) is 0 Å². The summed E-state index contributed by atoms with van der Waals surface area (Å²) in [6, 6.07) is 9.69. The Hall–Kier alpha value is -3.59. The highest BCUT2D eigenvalue weighted by Crippen LogP contribution is 2.39. The number of hydrogen-bond donors (Lipinski definition) is 2. The third-order valence-corrected chi connectivity index (χ3v) is 5.25. The van der Waals surface area contributed by atoms with Crippen LogP contribution in [0.2, 0.25) is 0 Å². The second-order valence-corrected chi connectivity index (χ2v) is 7.13. The molecule has 0 atom stereocenters. The van der Waals surface area contributed by atoms with Crippen LogP contribution in [0, 0.1) is 5.82 Å². The number of aromatic nitrogens is 5. The molecule has 1 amide bonds. The van der Waals surface area contributed by atoms with Gasteiger partial charge in [-0.1, -0.05) is 0 Å². The van der Waals surface area contributed by atoms with Gasteiger partial charge in [-0.2, -0.15) is 5.10 Å². The van der Waals surface area contributed by atoms with E-state index in [1.54, 1.807) is 30.6 Å². The standard InChI is InChI=1S/C20H17FN6O2/c21-12-3-1-11(2-4-12)18-19(26(10-24-18)13-7-14(28)8-13)15-5-6-17-23-9-16(20(22)29)27(17)25-15/h1-6,9-10,13-14,28H,7-8H2,(H2,22,29). The summed E-state index contributed by atoms with van der Waals surface area (Å²) in [7, 11) is 0. The summed E-state index contributed by atoms with van der Waals surface area (Å²) in [6.07, 6.45) is 3.99. The van der Waals surface area contributed by atoms with Crippen molar-refractivity contribution in [2.24, 2.45) is 5.73 Å². The Morgan fingerprint density at radius 3 is 2.59 bits per heavy atom. The summed E-state index contributed by atoms with van der Waals surface area (Å²) in [5, 5.41) is 14.3. The molecule has 3 heterocycles. The number of carbonyl (C=O) groups excluding carboxylic acids is 1. The number of amides is 1. The van der Waals surface area contributed by atoms with Gasteiger partial charge in [0.2, 0.25) is 0 Å². The van der Waals surface area contributed by atoms with Crippen molar-refractivity contribution in [1.29, 1.82) is 0 Å². The van der Waals surface area contributed by atoms with Gasteiger partial charge < -0.3 is 15.4 Å². The second-order valence-electron chi connectivity index (χ2n) is 7.13. The number of rotatable bonds is 4. The Morgan fingerprint density at radius 2 is 1.90 bits per heavy atom. The molecule has 5 rings (SSSR count). The fraction of sp³-hybridized carbons (Fsp3) is 0.200. The molecule has 1 aliphatic carbocycles. The minimum Gasteiger partial charge on any atom is -0.393 e. The molecular weight excluding hydrogens is 375 g/mol. The Balaban J connectivity index is 1.71. The maximum atomic E-state index is 13.4. The maximum Gasteiger partial charge on any atom is 0.269 e. The number of aliphatic hydroxyl groups is 1. The Labute approximate surface area is 164 Å². The molecule has 0 saturated heterocycles. The van der Waals surface area contributed by atoms with Crippen molar-refractivity contribution in [3.05, 3.63) is 60.4 Å². The van der Waals surface area contributed by atoms with Crippen molar-refractivity contribution in [1.82, 2.24) is 24.1 Å². The van der Waals surface area contributed by atoms with E-state index in [4.69, 9.17) is 5.73 Å². The summed E-state index contributed by atoms with van der Waals surface area (Å²) in [5.41, 5.74) is 8.77. The number of fused-ring (bicyclic) bond motifs is 1. The number of nitrogens with two attached hydrogens (primary N) is 1. The molecule has 8 nitrogen and oxygen atoms in total. The lowest BCUT2D eigenvalue weighted by atomic mass is 9.89. The molecule has 146 valence electrons. The monoisotopic (exact) mass is 392 g/mol. The summed E-state index contributed by atoms with van der Waals surface area (Å²) in [5.74, 6) is -0.961. The zero-order valence-corrected chi connectivity index (χ0v) is 15.2. The molecule has 3 aromatic heterocycles. The molecule has 0 unspecified atom stereocenters. The van der Waals surface area contributed by atoms with Gasteiger partial charge in [0, 0.05) is 11.6 Å². The summed E-state index contributed by atoms with van der Waals surface area (Å²) < 4.78 is 16.8. The molecule has 0 bridgehead atoms. The van der Waals surface area contributed by atoms with E-state index in [0.29, 0.717) is 29.9 Å². The molecule has 3 N–H and O–H groups in total. The van der Waals surface area contributed by atoms with Crippen molar-refractivity contribution < 1.29 is 14.3 Å². The zero-order valence-electron chi connectivity index (χ0n) is 15.2. The van der Waals surface area contributed by atoms with E-state index >= 15 is 0 Å². The van der Waals surface area contributed by atoms with Gasteiger partial charge in [-0.25, -0.2) is 18.9 Å². The first-order valence-electron chi connectivity index (χ1n) is 9.17. The van der Waals surface area contributed by atoms with Crippen LogP contribution >= 0.6 is 0 Å². The number of hydrogen-bond acceptors (Lipinski definition) is 5. The van der Waals surface area contributed by atoms with E-state index in [1.807, 2.05) is 4.57 Å². The predicted octanol–water partition coefficient (Wildman–Crippen LogP) is 2.19. The third-order valence-electron chi connectivity index (χ3n) is 5.25. The zero-order chi connectivity index (χ0) is 20.1. The van der Waals surface area contributed by atoms with Gasteiger partial charge in [-0.15, -0.1) is 0 Å². The lowest BCUT2D eigenvalue weighted by Gasteiger charge is -2.33. The highest BCUT2D eigenvalue weighted by atomic mass is 19.1. The van der Waals surface area contributed by atoms with E-state index in [1.165, 1.54) is 22.8 Å². The third kappa shape index (κ3) is 2.87. The minimum absolute atomic E-state index is 0.0811. The molecule has 1 aromatic carbocycles. The largest absolute Gasteiger partial charge is 0.393 e. The SMILES string of the molecule is NC(=O)c1cnc2ccc(-c3c(-c4ccc(F)cc4)ncn3C3CC(O)C3)nn12. The topological polar surface area (TPSA) is 111 Å². The van der Waals surface area contributed by atoms with Crippen LogP contribution in [0.1, 0.15) is 29.4 Å². The molecular formula is C20H17FN6O2. The molecule has 0 radical (unpaired) electrons. The molecule has 4 aromatic rings. The van der Waals surface area contributed by atoms with Crippen LogP contribution in [0.3, 0.4) is 0 Å². The fourth-order valence-corrected chi connectivity index (χ4v) is 3.66. The van der Waals surface area contributed by atoms with Gasteiger partial charge in [0.05, 0.1) is 30.0 Å². The smallest absolute Gasteiger partial charge is 0.269 e. The van der Waals surface area contributed by atoms with Crippen LogP contribution in [-0.4, -0.2) is 41.3 Å². The van der Waals surface area contributed by atoms with Crippen LogP contribution in [0.15, 0.2) is 48.9 Å². The van der Waals surface area contributed by atoms with Gasteiger partial charge in [0.1, 0.15) is 17.2 Å². The van der Waals surface area contributed by atoms with Crippen LogP contribution in [0.25, 0.3) is 28.3 Å². The Morgan fingerprint density at radius 1 is 1.14 bits per heavy atom. The van der Waals surface area contributed by atoms with Gasteiger partial charge in [-0.3, -0.25) is 4.79 Å². The van der Waals surface area contributed by atoms with Crippen molar-refractivity contribution >= 4 is 11.6 Å². The predicted molar refractivity (Wildman–Crippen MR) is 102 cm³/mol. The lowest BCUT2D eigenvalue weighted by molar-refractivity contribution is 0.0491. The van der Waals surface area contributed by atoms with Gasteiger partial charge >= 0.3 is 0 Å². The number of halogens is 1. The van der Waals surface area contributed by atoms with Crippen molar-refractivity contribution in [2.45, 2.75) is 25.0 Å². The van der Waals surface area contributed by atoms with Crippen LogP contribution < -0.4 is 5.73 Å². The molecule has 9 heteroatoms. The van der Waals surface area contributed by atoms with E-state index in [-0.39, 0.29) is 23.7 Å². The highest BCUT2D eigenvalue weighted by Gasteiger charge is 2.32.